The molecule has 0 unspecified atom stereocenters. The number of nitrogens with one attached hydrogen (secondary N) is 2. The third-order valence-corrected chi connectivity index (χ3v) is 5.00. The Morgan fingerprint density at radius 2 is 1.97 bits per heavy atom. The van der Waals surface area contributed by atoms with Crippen LogP contribution in [0.15, 0.2) is 42.5 Å². The average Bonchev–Trinajstić information content (AvgIpc) is 2.93. The van der Waals surface area contributed by atoms with E-state index in [2.05, 4.69) is 10.7 Å². The fraction of sp³-hybridized carbons (Fsp3) is 0.250. The highest BCUT2D eigenvalue weighted by molar-refractivity contribution is 6.31. The van der Waals surface area contributed by atoms with Gasteiger partial charge in [0, 0.05) is 5.02 Å². The fourth-order valence-corrected chi connectivity index (χ4v) is 3.00. The van der Waals surface area contributed by atoms with Crippen molar-refractivity contribution in [2.24, 2.45) is 0 Å². The molecule has 2 N–H and O–H groups in total. The first-order chi connectivity index (χ1) is 13.7. The molecule has 0 radical (unpaired) electrons. The number of ether oxygens (including phenoxy) is 2. The lowest BCUT2D eigenvalue weighted by molar-refractivity contribution is -0.139. The Bertz CT molecular complexity index is 980. The van der Waals surface area contributed by atoms with Crippen molar-refractivity contribution in [1.82, 2.24) is 15.8 Å². The molecule has 4 amide bonds. The number of aryl methyl sites for hydroxylation is 1. The minimum absolute atomic E-state index is 0.381. The van der Waals surface area contributed by atoms with Crippen LogP contribution >= 0.6 is 11.6 Å². The van der Waals surface area contributed by atoms with E-state index in [0.717, 1.165) is 5.56 Å². The number of hydrogen-bond donors (Lipinski definition) is 2. The first-order valence-corrected chi connectivity index (χ1v) is 9.12. The zero-order valence-electron chi connectivity index (χ0n) is 16.1. The molecule has 2 aromatic rings. The van der Waals surface area contributed by atoms with Gasteiger partial charge in [0.15, 0.2) is 6.61 Å². The van der Waals surface area contributed by atoms with Crippen LogP contribution in [0.2, 0.25) is 5.02 Å². The maximum Gasteiger partial charge on any atom is 0.344 e. The summed E-state index contributed by atoms with van der Waals surface area (Å²) in [7, 11) is 1.51. The normalized spacial score (nSPS) is 18.4. The van der Waals surface area contributed by atoms with E-state index in [1.54, 1.807) is 49.4 Å². The Labute approximate surface area is 172 Å². The van der Waals surface area contributed by atoms with E-state index in [0.29, 0.717) is 27.1 Å². The number of nitrogens with zero attached hydrogens (tertiary/aromatic N) is 1. The Balaban J connectivity index is 1.67. The summed E-state index contributed by atoms with van der Waals surface area (Å²) in [4.78, 5) is 37.4. The van der Waals surface area contributed by atoms with Gasteiger partial charge in [-0.2, -0.15) is 5.01 Å². The molecule has 1 fully saturated rings. The van der Waals surface area contributed by atoms with Crippen LogP contribution in [0.4, 0.5) is 4.79 Å². The largest absolute Gasteiger partial charge is 0.497 e. The molecular formula is C20H20ClN3O5. The molecule has 1 saturated heterocycles. The van der Waals surface area contributed by atoms with Crippen molar-refractivity contribution >= 4 is 29.4 Å². The van der Waals surface area contributed by atoms with Gasteiger partial charge in [-0.25, -0.2) is 4.79 Å². The summed E-state index contributed by atoms with van der Waals surface area (Å²) in [6.45, 7) is 2.98. The molecule has 1 aliphatic heterocycles. The first-order valence-electron chi connectivity index (χ1n) is 8.74. The van der Waals surface area contributed by atoms with Crippen molar-refractivity contribution in [2.75, 3.05) is 13.7 Å². The van der Waals surface area contributed by atoms with E-state index in [1.165, 1.54) is 7.11 Å². The smallest absolute Gasteiger partial charge is 0.344 e. The molecule has 0 aliphatic carbocycles. The molecule has 0 saturated carbocycles. The average molecular weight is 418 g/mol. The molecule has 152 valence electrons. The summed E-state index contributed by atoms with van der Waals surface area (Å²) in [5, 5.41) is 3.83. The maximum absolute atomic E-state index is 12.9. The van der Waals surface area contributed by atoms with Crippen molar-refractivity contribution in [3.63, 3.8) is 0 Å². The van der Waals surface area contributed by atoms with E-state index in [4.69, 9.17) is 21.1 Å². The molecule has 29 heavy (non-hydrogen) atoms. The molecule has 9 heteroatoms. The number of amides is 4. The molecule has 2 aromatic carbocycles. The molecule has 3 rings (SSSR count). The third-order valence-electron chi connectivity index (χ3n) is 4.57. The van der Waals surface area contributed by atoms with Crippen molar-refractivity contribution in [1.29, 1.82) is 0 Å². The van der Waals surface area contributed by atoms with Crippen LogP contribution in [0.1, 0.15) is 18.1 Å². The predicted octanol–water partition coefficient (Wildman–Crippen LogP) is 2.53. The highest BCUT2D eigenvalue weighted by Gasteiger charge is 2.50. The van der Waals surface area contributed by atoms with E-state index in [-0.39, 0.29) is 6.61 Å². The molecule has 0 aromatic heterocycles. The van der Waals surface area contributed by atoms with Crippen LogP contribution in [0.3, 0.4) is 0 Å². The standard InChI is InChI=1S/C20H20ClN3O5/c1-12-9-15(7-8-16(12)21)29-11-17(25)23-24-18(26)20(2,22-19(24)27)13-5-4-6-14(10-13)28-3/h4-10H,11H2,1-3H3,(H,22,27)(H,23,25)/t20-/m0/s1. The van der Waals surface area contributed by atoms with Crippen molar-refractivity contribution in [3.8, 4) is 11.5 Å². The van der Waals surface area contributed by atoms with Gasteiger partial charge < -0.3 is 14.8 Å². The topological polar surface area (TPSA) is 97.0 Å². The molecule has 0 spiro atoms. The quantitative estimate of drug-likeness (QED) is 0.704. The first kappa shape index (κ1) is 20.5. The number of imide groups is 1. The van der Waals surface area contributed by atoms with Crippen molar-refractivity contribution in [2.45, 2.75) is 19.4 Å². The van der Waals surface area contributed by atoms with Gasteiger partial charge in [-0.1, -0.05) is 23.7 Å². The van der Waals surface area contributed by atoms with Gasteiger partial charge in [0.05, 0.1) is 7.11 Å². The third kappa shape index (κ3) is 4.12. The van der Waals surface area contributed by atoms with E-state index in [1.807, 2.05) is 6.92 Å². The number of carbonyl (C=O) groups is 3. The van der Waals surface area contributed by atoms with Gasteiger partial charge >= 0.3 is 6.03 Å². The van der Waals surface area contributed by atoms with Gasteiger partial charge in [0.2, 0.25) is 0 Å². The van der Waals surface area contributed by atoms with Crippen LogP contribution in [-0.2, 0) is 15.1 Å². The lowest BCUT2D eigenvalue weighted by Gasteiger charge is -2.22. The molecule has 1 atom stereocenters. The number of urea groups is 1. The number of methoxy groups -OCH3 is 1. The van der Waals surface area contributed by atoms with E-state index in [9.17, 15) is 14.4 Å². The second kappa shape index (κ2) is 8.00. The Morgan fingerprint density at radius 1 is 1.21 bits per heavy atom. The summed E-state index contributed by atoms with van der Waals surface area (Å²) in [6.07, 6.45) is 0. The molecule has 1 heterocycles. The van der Waals surface area contributed by atoms with Gasteiger partial charge in [-0.3, -0.25) is 15.0 Å². The highest BCUT2D eigenvalue weighted by atomic mass is 35.5. The van der Waals surface area contributed by atoms with Gasteiger partial charge in [-0.05, 0) is 55.3 Å². The highest BCUT2D eigenvalue weighted by Crippen LogP contribution is 2.30. The zero-order valence-corrected chi connectivity index (χ0v) is 16.9. The van der Waals surface area contributed by atoms with Crippen LogP contribution in [0.25, 0.3) is 0 Å². The summed E-state index contributed by atoms with van der Waals surface area (Å²) in [5.41, 5.74) is 2.26. The molecule has 1 aliphatic rings. The van der Waals surface area contributed by atoms with Crippen LogP contribution in [-0.4, -0.2) is 36.6 Å². The second-order valence-corrected chi connectivity index (χ2v) is 7.07. The Kier molecular flexibility index (Phi) is 5.65. The summed E-state index contributed by atoms with van der Waals surface area (Å²) in [5.74, 6) is -0.289. The maximum atomic E-state index is 12.9. The Morgan fingerprint density at radius 3 is 2.66 bits per heavy atom. The minimum atomic E-state index is -1.34. The lowest BCUT2D eigenvalue weighted by Crippen LogP contribution is -2.49. The number of halogens is 1. The Hall–Kier alpha value is -3.26. The predicted molar refractivity (Wildman–Crippen MR) is 106 cm³/mol. The number of hydrazine groups is 1. The molecule has 0 bridgehead atoms. The number of hydrogen-bond acceptors (Lipinski definition) is 5. The molecule has 8 nitrogen and oxygen atoms in total. The van der Waals surface area contributed by atoms with Gasteiger partial charge in [-0.15, -0.1) is 0 Å². The summed E-state index contributed by atoms with van der Waals surface area (Å²) in [6, 6.07) is 11.0. The summed E-state index contributed by atoms with van der Waals surface area (Å²) < 4.78 is 10.6. The fourth-order valence-electron chi connectivity index (χ4n) is 2.88. The monoisotopic (exact) mass is 417 g/mol. The SMILES string of the molecule is COc1cccc([C@]2(C)NC(=O)N(NC(=O)COc3ccc(Cl)c(C)c3)C2=O)c1. The number of rotatable bonds is 6. The number of carbonyl (C=O) groups excluding carboxylic acids is 3. The van der Waals surface area contributed by atoms with Crippen molar-refractivity contribution < 1.29 is 23.9 Å². The number of benzene rings is 2. The van der Waals surface area contributed by atoms with E-state index >= 15 is 0 Å². The van der Waals surface area contributed by atoms with Crippen LogP contribution in [0.5, 0.6) is 11.5 Å². The van der Waals surface area contributed by atoms with Gasteiger partial charge in [0.1, 0.15) is 17.0 Å². The lowest BCUT2D eigenvalue weighted by atomic mass is 9.92. The van der Waals surface area contributed by atoms with Crippen molar-refractivity contribution in [3.05, 3.63) is 58.6 Å². The van der Waals surface area contributed by atoms with Gasteiger partial charge in [0.25, 0.3) is 11.8 Å². The van der Waals surface area contributed by atoms with Crippen LogP contribution < -0.4 is 20.2 Å². The molecular weight excluding hydrogens is 398 g/mol. The summed E-state index contributed by atoms with van der Waals surface area (Å²) >= 11 is 5.95. The minimum Gasteiger partial charge on any atom is -0.497 e. The van der Waals surface area contributed by atoms with Crippen LogP contribution in [0, 0.1) is 6.92 Å². The zero-order chi connectivity index (χ0) is 21.2. The second-order valence-electron chi connectivity index (χ2n) is 6.66. The van der Waals surface area contributed by atoms with E-state index < -0.39 is 23.4 Å².